The SMILES string of the molecule is CCCOc1ccc(N2C[C@@H](C(=O)Nc3ccccc3O)CC2=O)cc1. The second kappa shape index (κ2) is 7.91. The summed E-state index contributed by atoms with van der Waals surface area (Å²) < 4.78 is 5.55. The van der Waals surface area contributed by atoms with Crippen molar-refractivity contribution >= 4 is 23.2 Å². The molecule has 26 heavy (non-hydrogen) atoms. The van der Waals surface area contributed by atoms with Crippen molar-refractivity contribution in [3.05, 3.63) is 48.5 Å². The van der Waals surface area contributed by atoms with E-state index in [0.717, 1.165) is 17.9 Å². The lowest BCUT2D eigenvalue weighted by atomic mass is 10.1. The maximum atomic E-state index is 12.4. The van der Waals surface area contributed by atoms with Gasteiger partial charge in [0.1, 0.15) is 11.5 Å². The minimum absolute atomic E-state index is 0.00435. The van der Waals surface area contributed by atoms with Gasteiger partial charge in [-0.25, -0.2) is 0 Å². The third kappa shape index (κ3) is 3.96. The Morgan fingerprint density at radius 3 is 2.65 bits per heavy atom. The molecule has 2 aromatic rings. The molecular weight excluding hydrogens is 332 g/mol. The van der Waals surface area contributed by atoms with Crippen LogP contribution in [0.3, 0.4) is 0 Å². The fourth-order valence-electron chi connectivity index (χ4n) is 2.89. The van der Waals surface area contributed by atoms with E-state index in [-0.39, 0.29) is 24.0 Å². The predicted octanol–water partition coefficient (Wildman–Crippen LogP) is 3.17. The summed E-state index contributed by atoms with van der Waals surface area (Å²) in [5, 5.41) is 12.5. The van der Waals surface area contributed by atoms with Crippen molar-refractivity contribution in [2.75, 3.05) is 23.4 Å². The molecule has 1 fully saturated rings. The number of aromatic hydroxyl groups is 1. The molecule has 0 aromatic heterocycles. The van der Waals surface area contributed by atoms with Gasteiger partial charge >= 0.3 is 0 Å². The summed E-state index contributed by atoms with van der Waals surface area (Å²) in [7, 11) is 0. The van der Waals surface area contributed by atoms with E-state index < -0.39 is 5.92 Å². The Morgan fingerprint density at radius 2 is 1.96 bits per heavy atom. The van der Waals surface area contributed by atoms with Crippen LogP contribution in [0.1, 0.15) is 19.8 Å². The molecule has 1 atom stereocenters. The topological polar surface area (TPSA) is 78.9 Å². The number of ether oxygens (including phenoxy) is 1. The first kappa shape index (κ1) is 17.8. The fourth-order valence-corrected chi connectivity index (χ4v) is 2.89. The summed E-state index contributed by atoms with van der Waals surface area (Å²) >= 11 is 0. The van der Waals surface area contributed by atoms with Crippen LogP contribution in [0.25, 0.3) is 0 Å². The van der Waals surface area contributed by atoms with Gasteiger partial charge in [-0.15, -0.1) is 0 Å². The number of hydrogen-bond donors (Lipinski definition) is 2. The summed E-state index contributed by atoms with van der Waals surface area (Å²) in [6, 6.07) is 13.8. The molecule has 0 saturated carbocycles. The highest BCUT2D eigenvalue weighted by molar-refractivity contribution is 6.03. The molecule has 0 spiro atoms. The third-order valence-corrected chi connectivity index (χ3v) is 4.28. The Labute approximate surface area is 152 Å². The van der Waals surface area contributed by atoms with Crippen LogP contribution in [0, 0.1) is 5.92 Å². The van der Waals surface area contributed by atoms with Crippen molar-refractivity contribution in [2.24, 2.45) is 5.92 Å². The molecule has 0 radical (unpaired) electrons. The van der Waals surface area contributed by atoms with Gasteiger partial charge in [0, 0.05) is 18.7 Å². The average Bonchev–Trinajstić information content (AvgIpc) is 3.04. The number of nitrogens with zero attached hydrogens (tertiary/aromatic N) is 1. The van der Waals surface area contributed by atoms with Gasteiger partial charge in [-0.05, 0) is 42.8 Å². The lowest BCUT2D eigenvalue weighted by Gasteiger charge is -2.17. The van der Waals surface area contributed by atoms with Crippen molar-refractivity contribution in [1.82, 2.24) is 0 Å². The zero-order valence-corrected chi connectivity index (χ0v) is 14.6. The van der Waals surface area contributed by atoms with Crippen LogP contribution in [0.2, 0.25) is 0 Å². The number of benzene rings is 2. The number of rotatable bonds is 6. The standard InChI is InChI=1S/C20H22N2O4/c1-2-11-26-16-9-7-15(8-10-16)22-13-14(12-19(22)24)20(25)21-17-5-3-4-6-18(17)23/h3-10,14,23H,2,11-13H2,1H3,(H,21,25)/t14-/m0/s1. The summed E-state index contributed by atoms with van der Waals surface area (Å²) in [5.74, 6) is -0.0613. The number of phenols is 1. The van der Waals surface area contributed by atoms with Crippen LogP contribution in [-0.4, -0.2) is 30.1 Å². The number of carbonyl (C=O) groups excluding carboxylic acids is 2. The normalized spacial score (nSPS) is 16.6. The largest absolute Gasteiger partial charge is 0.506 e. The Balaban J connectivity index is 1.64. The van der Waals surface area contributed by atoms with E-state index in [1.807, 2.05) is 31.2 Å². The van der Waals surface area contributed by atoms with Gasteiger partial charge in [-0.2, -0.15) is 0 Å². The number of amides is 2. The fraction of sp³-hybridized carbons (Fsp3) is 0.300. The smallest absolute Gasteiger partial charge is 0.229 e. The number of carbonyl (C=O) groups is 2. The van der Waals surface area contributed by atoms with Gasteiger partial charge in [-0.1, -0.05) is 19.1 Å². The molecule has 3 rings (SSSR count). The molecule has 136 valence electrons. The molecule has 1 aliphatic rings. The quantitative estimate of drug-likeness (QED) is 0.781. The Bertz CT molecular complexity index is 789. The van der Waals surface area contributed by atoms with E-state index in [4.69, 9.17) is 4.74 Å². The van der Waals surface area contributed by atoms with Crippen LogP contribution < -0.4 is 15.0 Å². The van der Waals surface area contributed by atoms with Gasteiger partial charge in [0.2, 0.25) is 11.8 Å². The highest BCUT2D eigenvalue weighted by atomic mass is 16.5. The maximum absolute atomic E-state index is 12.4. The second-order valence-corrected chi connectivity index (χ2v) is 6.25. The first-order valence-corrected chi connectivity index (χ1v) is 8.70. The number of hydrogen-bond acceptors (Lipinski definition) is 4. The Kier molecular flexibility index (Phi) is 5.41. The van der Waals surface area contributed by atoms with E-state index in [9.17, 15) is 14.7 Å². The molecule has 6 heteroatoms. The van der Waals surface area contributed by atoms with Crippen LogP contribution in [-0.2, 0) is 9.59 Å². The molecule has 2 amide bonds. The molecule has 1 saturated heterocycles. The minimum Gasteiger partial charge on any atom is -0.506 e. The first-order valence-electron chi connectivity index (χ1n) is 8.70. The summed E-state index contributed by atoms with van der Waals surface area (Å²) in [4.78, 5) is 26.4. The monoisotopic (exact) mass is 354 g/mol. The van der Waals surface area contributed by atoms with E-state index in [2.05, 4.69) is 5.32 Å². The van der Waals surface area contributed by atoms with Crippen molar-refractivity contribution < 1.29 is 19.4 Å². The van der Waals surface area contributed by atoms with Crippen molar-refractivity contribution in [1.29, 1.82) is 0 Å². The number of nitrogens with one attached hydrogen (secondary N) is 1. The van der Waals surface area contributed by atoms with Gasteiger partial charge in [0.25, 0.3) is 0 Å². The zero-order chi connectivity index (χ0) is 18.5. The van der Waals surface area contributed by atoms with Crippen molar-refractivity contribution in [2.45, 2.75) is 19.8 Å². The van der Waals surface area contributed by atoms with E-state index in [1.165, 1.54) is 6.07 Å². The van der Waals surface area contributed by atoms with E-state index in [1.54, 1.807) is 23.1 Å². The predicted molar refractivity (Wildman–Crippen MR) is 99.4 cm³/mol. The van der Waals surface area contributed by atoms with E-state index in [0.29, 0.717) is 18.8 Å². The zero-order valence-electron chi connectivity index (χ0n) is 14.6. The average molecular weight is 354 g/mol. The lowest BCUT2D eigenvalue weighted by Crippen LogP contribution is -2.28. The number of anilines is 2. The first-order chi connectivity index (χ1) is 12.6. The highest BCUT2D eigenvalue weighted by Gasteiger charge is 2.35. The molecule has 0 bridgehead atoms. The minimum atomic E-state index is -0.460. The molecule has 1 heterocycles. The molecule has 0 unspecified atom stereocenters. The maximum Gasteiger partial charge on any atom is 0.229 e. The Hall–Kier alpha value is -3.02. The summed E-state index contributed by atoms with van der Waals surface area (Å²) in [6.45, 7) is 3.00. The molecule has 1 aliphatic heterocycles. The molecular formula is C20H22N2O4. The molecule has 2 N–H and O–H groups in total. The number of para-hydroxylation sites is 2. The van der Waals surface area contributed by atoms with Crippen LogP contribution >= 0.6 is 0 Å². The molecule has 6 nitrogen and oxygen atoms in total. The van der Waals surface area contributed by atoms with Gasteiger partial charge in [0.15, 0.2) is 0 Å². The van der Waals surface area contributed by atoms with Crippen LogP contribution in [0.4, 0.5) is 11.4 Å². The van der Waals surface area contributed by atoms with E-state index >= 15 is 0 Å². The highest BCUT2D eigenvalue weighted by Crippen LogP contribution is 2.29. The van der Waals surface area contributed by atoms with Gasteiger partial charge in [-0.3, -0.25) is 9.59 Å². The second-order valence-electron chi connectivity index (χ2n) is 6.25. The van der Waals surface area contributed by atoms with Crippen molar-refractivity contribution in [3.8, 4) is 11.5 Å². The lowest BCUT2D eigenvalue weighted by molar-refractivity contribution is -0.122. The third-order valence-electron chi connectivity index (χ3n) is 4.28. The summed E-state index contributed by atoms with van der Waals surface area (Å²) in [6.07, 6.45) is 1.08. The van der Waals surface area contributed by atoms with Crippen molar-refractivity contribution in [3.63, 3.8) is 0 Å². The summed E-state index contributed by atoms with van der Waals surface area (Å²) in [5.41, 5.74) is 1.09. The Morgan fingerprint density at radius 1 is 1.23 bits per heavy atom. The van der Waals surface area contributed by atoms with Gasteiger partial charge in [0.05, 0.1) is 18.2 Å². The van der Waals surface area contributed by atoms with Crippen LogP contribution in [0.5, 0.6) is 11.5 Å². The van der Waals surface area contributed by atoms with Crippen LogP contribution in [0.15, 0.2) is 48.5 Å². The molecule has 2 aromatic carbocycles. The number of phenolic OH excluding ortho intramolecular Hbond substituents is 1. The molecule has 0 aliphatic carbocycles. The van der Waals surface area contributed by atoms with Gasteiger partial charge < -0.3 is 20.1 Å².